The molecule has 1 N–H and O–H groups in total. The minimum atomic E-state index is -3.16. The van der Waals surface area contributed by atoms with Gasteiger partial charge in [-0.25, -0.2) is 23.4 Å². The first-order valence-corrected chi connectivity index (χ1v) is 15.9. The van der Waals surface area contributed by atoms with Crippen LogP contribution in [0.1, 0.15) is 11.3 Å². The number of rotatable bonds is 8. The van der Waals surface area contributed by atoms with Crippen molar-refractivity contribution in [2.24, 2.45) is 0 Å². The van der Waals surface area contributed by atoms with Crippen LogP contribution in [0, 0.1) is 6.92 Å². The van der Waals surface area contributed by atoms with Gasteiger partial charge in [0.15, 0.2) is 5.65 Å². The van der Waals surface area contributed by atoms with Crippen molar-refractivity contribution in [2.75, 3.05) is 37.8 Å². The molecule has 0 atom stereocenters. The first kappa shape index (κ1) is 27.9. The summed E-state index contributed by atoms with van der Waals surface area (Å²) in [5.74, 6) is 3.33. The number of nitrogens with one attached hydrogen (secondary N) is 1. The number of fused-ring (bicyclic) bond motifs is 2. The van der Waals surface area contributed by atoms with E-state index in [1.165, 1.54) is 16.9 Å². The number of hydrogen-bond acceptors (Lipinski definition) is 11. The average Bonchev–Trinajstić information content (AvgIpc) is 3.68. The highest BCUT2D eigenvalue weighted by atomic mass is 32.2. The lowest BCUT2D eigenvalue weighted by Gasteiger charge is -2.32. The van der Waals surface area contributed by atoms with Crippen LogP contribution in [-0.2, 0) is 16.6 Å². The number of anilines is 2. The summed E-state index contributed by atoms with van der Waals surface area (Å²) >= 11 is 0. The molecule has 13 nitrogen and oxygen atoms in total. The average molecular weight is 612 g/mol. The van der Waals surface area contributed by atoms with Gasteiger partial charge in [0.25, 0.3) is 0 Å². The smallest absolute Gasteiger partial charge is 0.224 e. The maximum absolute atomic E-state index is 11.8. The largest absolute Gasteiger partial charge is 0.460 e. The number of ether oxygens (including phenoxy) is 1. The van der Waals surface area contributed by atoms with Gasteiger partial charge in [-0.2, -0.15) is 4.31 Å². The van der Waals surface area contributed by atoms with Crippen LogP contribution in [-0.4, -0.2) is 79.6 Å². The number of furan rings is 1. The van der Waals surface area contributed by atoms with Gasteiger partial charge in [-0.1, -0.05) is 0 Å². The van der Waals surface area contributed by atoms with Crippen molar-refractivity contribution in [3.63, 3.8) is 0 Å². The molecule has 0 aliphatic carbocycles. The third-order valence-corrected chi connectivity index (χ3v) is 8.88. The normalized spacial score (nSPS) is 14.8. The van der Waals surface area contributed by atoms with Crippen molar-refractivity contribution in [1.82, 2.24) is 38.8 Å². The Kier molecular flexibility index (Phi) is 7.16. The van der Waals surface area contributed by atoms with Gasteiger partial charge >= 0.3 is 0 Å². The van der Waals surface area contributed by atoms with E-state index in [0.29, 0.717) is 55.8 Å². The van der Waals surface area contributed by atoms with Crippen LogP contribution >= 0.6 is 0 Å². The molecule has 1 aliphatic rings. The molecule has 224 valence electrons. The summed E-state index contributed by atoms with van der Waals surface area (Å²) in [7, 11) is -3.16. The monoisotopic (exact) mass is 611 g/mol. The molecule has 1 fully saturated rings. The van der Waals surface area contributed by atoms with E-state index in [-0.39, 0.29) is 0 Å². The molecule has 1 saturated heterocycles. The second kappa shape index (κ2) is 11.3. The maximum atomic E-state index is 11.8. The fourth-order valence-electron chi connectivity index (χ4n) is 5.22. The van der Waals surface area contributed by atoms with Crippen molar-refractivity contribution in [3.05, 3.63) is 84.9 Å². The van der Waals surface area contributed by atoms with Gasteiger partial charge in [-0.3, -0.25) is 9.30 Å². The minimum absolute atomic E-state index is 0.430. The van der Waals surface area contributed by atoms with Crippen molar-refractivity contribution < 1.29 is 17.6 Å². The van der Waals surface area contributed by atoms with Crippen LogP contribution in [0.5, 0.6) is 11.6 Å². The minimum Gasteiger partial charge on any atom is -0.460 e. The summed E-state index contributed by atoms with van der Waals surface area (Å²) in [5.41, 5.74) is 4.11. The zero-order valence-electron chi connectivity index (χ0n) is 24.1. The molecule has 7 rings (SSSR count). The maximum Gasteiger partial charge on any atom is 0.224 e. The fraction of sp³-hybridized carbons (Fsp3) is 0.233. The number of aromatic nitrogens is 6. The topological polar surface area (TPSA) is 144 Å². The van der Waals surface area contributed by atoms with Crippen LogP contribution in [0.4, 0.5) is 11.5 Å². The lowest BCUT2D eigenvalue weighted by atomic mass is 10.1. The molecular formula is C30H29N9O4S. The van der Waals surface area contributed by atoms with Gasteiger partial charge in [0, 0.05) is 48.9 Å². The predicted molar refractivity (Wildman–Crippen MR) is 164 cm³/mol. The summed E-state index contributed by atoms with van der Waals surface area (Å²) in [6.07, 6.45) is 5.98. The van der Waals surface area contributed by atoms with E-state index in [1.807, 2.05) is 55.5 Å². The lowest BCUT2D eigenvalue weighted by Crippen LogP contribution is -2.47. The Balaban J connectivity index is 1.07. The number of nitrogens with zero attached hydrogens (tertiary/aromatic N) is 8. The second-order valence-corrected chi connectivity index (χ2v) is 12.7. The van der Waals surface area contributed by atoms with Crippen LogP contribution in [0.25, 0.3) is 27.9 Å². The molecule has 2 aromatic carbocycles. The highest BCUT2D eigenvalue weighted by Gasteiger charge is 2.24. The Bertz CT molecular complexity index is 2090. The lowest BCUT2D eigenvalue weighted by molar-refractivity contribution is 0.172. The van der Waals surface area contributed by atoms with E-state index in [4.69, 9.17) is 9.15 Å². The standard InChI is InChI=1S/C30H29N9O4S/c1-20-13-22(4-7-26(20)43-29-15-28-36-34-19-38(28)18-33-29)35-30-24-14-21(3-6-25(24)31-17-32-30)27-8-5-23(42-27)16-37-9-11-39(12-10-37)44(2,40)41/h3-8,13-15,17-19H,9-12,16H2,1-2H3,(H,31,32,35). The highest BCUT2D eigenvalue weighted by molar-refractivity contribution is 7.88. The molecule has 0 bridgehead atoms. The van der Waals surface area contributed by atoms with Crippen molar-refractivity contribution >= 4 is 38.1 Å². The highest BCUT2D eigenvalue weighted by Crippen LogP contribution is 2.32. The third-order valence-electron chi connectivity index (χ3n) is 7.58. The first-order valence-electron chi connectivity index (χ1n) is 14.0. The third kappa shape index (κ3) is 5.82. The Labute approximate surface area is 253 Å². The van der Waals surface area contributed by atoms with Crippen molar-refractivity contribution in [3.8, 4) is 23.0 Å². The fourth-order valence-corrected chi connectivity index (χ4v) is 6.05. The van der Waals surface area contributed by atoms with Crippen LogP contribution in [0.15, 0.2) is 78.0 Å². The van der Waals surface area contributed by atoms with E-state index in [1.54, 1.807) is 23.1 Å². The summed E-state index contributed by atoms with van der Waals surface area (Å²) in [6.45, 7) is 4.87. The molecule has 1 aliphatic heterocycles. The van der Waals surface area contributed by atoms with E-state index in [2.05, 4.69) is 35.4 Å². The quantitative estimate of drug-likeness (QED) is 0.264. The zero-order chi connectivity index (χ0) is 30.3. The summed E-state index contributed by atoms with van der Waals surface area (Å²) in [5, 5.41) is 12.2. The zero-order valence-corrected chi connectivity index (χ0v) is 24.9. The second-order valence-electron chi connectivity index (χ2n) is 10.7. The molecule has 0 unspecified atom stereocenters. The van der Waals surface area contributed by atoms with E-state index in [0.717, 1.165) is 39.2 Å². The van der Waals surface area contributed by atoms with E-state index >= 15 is 0 Å². The summed E-state index contributed by atoms with van der Waals surface area (Å²) < 4.78 is 39.1. The van der Waals surface area contributed by atoms with E-state index in [9.17, 15) is 8.42 Å². The van der Waals surface area contributed by atoms with Gasteiger partial charge < -0.3 is 14.5 Å². The Morgan fingerprint density at radius 2 is 1.82 bits per heavy atom. The van der Waals surface area contributed by atoms with Crippen LogP contribution < -0.4 is 10.1 Å². The van der Waals surface area contributed by atoms with Crippen LogP contribution in [0.3, 0.4) is 0 Å². The predicted octanol–water partition coefficient (Wildman–Crippen LogP) is 4.25. The number of sulfonamides is 1. The Morgan fingerprint density at radius 1 is 0.955 bits per heavy atom. The van der Waals surface area contributed by atoms with Gasteiger partial charge in [0.2, 0.25) is 15.9 Å². The van der Waals surface area contributed by atoms with Gasteiger partial charge in [-0.05, 0) is 61.0 Å². The molecule has 44 heavy (non-hydrogen) atoms. The molecule has 0 radical (unpaired) electrons. The molecular weight excluding hydrogens is 582 g/mol. The molecule has 0 amide bonds. The van der Waals surface area contributed by atoms with E-state index < -0.39 is 10.0 Å². The van der Waals surface area contributed by atoms with Gasteiger partial charge in [0.05, 0.1) is 18.3 Å². The molecule has 14 heteroatoms. The molecule has 5 heterocycles. The summed E-state index contributed by atoms with van der Waals surface area (Å²) in [6, 6.07) is 17.4. The van der Waals surface area contributed by atoms with Crippen LogP contribution in [0.2, 0.25) is 0 Å². The van der Waals surface area contributed by atoms with Gasteiger partial charge in [0.1, 0.15) is 42.1 Å². The molecule has 0 spiro atoms. The van der Waals surface area contributed by atoms with Gasteiger partial charge in [-0.15, -0.1) is 10.2 Å². The number of benzene rings is 2. The number of aryl methyl sites for hydroxylation is 1. The summed E-state index contributed by atoms with van der Waals surface area (Å²) in [4.78, 5) is 15.5. The Hall–Kier alpha value is -4.92. The van der Waals surface area contributed by atoms with Crippen molar-refractivity contribution in [2.45, 2.75) is 13.5 Å². The molecule has 0 saturated carbocycles. The number of piperazine rings is 1. The first-order chi connectivity index (χ1) is 21.3. The Morgan fingerprint density at radius 3 is 2.64 bits per heavy atom. The van der Waals surface area contributed by atoms with Crippen molar-refractivity contribution in [1.29, 1.82) is 0 Å². The number of hydrogen-bond donors (Lipinski definition) is 1. The SMILES string of the molecule is Cc1cc(Nc2ncnc3ccc(-c4ccc(CN5CCN(S(C)(=O)=O)CC5)o4)cc23)ccc1Oc1cc2nncn2cn1. The molecule has 4 aromatic heterocycles. The molecule has 6 aromatic rings.